The molecule has 0 saturated heterocycles. The molecule has 0 fully saturated rings. The second kappa shape index (κ2) is 4.30. The van der Waals surface area contributed by atoms with Crippen molar-refractivity contribution in [3.63, 3.8) is 0 Å². The number of nitrogens with two attached hydrogens (primary N) is 1. The van der Waals surface area contributed by atoms with E-state index in [4.69, 9.17) is 10.8 Å². The molecule has 4 N–H and O–H groups in total. The van der Waals surface area contributed by atoms with Gasteiger partial charge in [0.05, 0.1) is 18.4 Å². The molecule has 0 aliphatic carbocycles. The van der Waals surface area contributed by atoms with Gasteiger partial charge in [-0.25, -0.2) is 9.97 Å². The highest BCUT2D eigenvalue weighted by molar-refractivity contribution is 5.58. The van der Waals surface area contributed by atoms with Crippen molar-refractivity contribution < 1.29 is 18.3 Å². The van der Waals surface area contributed by atoms with E-state index in [1.807, 2.05) is 0 Å². The zero-order chi connectivity index (χ0) is 11.5. The van der Waals surface area contributed by atoms with Gasteiger partial charge in [0.1, 0.15) is 6.33 Å². The first-order valence-electron chi connectivity index (χ1n) is 3.95. The molecule has 1 rings (SSSR count). The third-order valence-electron chi connectivity index (χ3n) is 1.58. The summed E-state index contributed by atoms with van der Waals surface area (Å²) in [5.41, 5.74) is 5.48. The summed E-state index contributed by atoms with van der Waals surface area (Å²) in [6, 6.07) is 0. The van der Waals surface area contributed by atoms with E-state index in [1.54, 1.807) is 0 Å². The molecule has 0 aliphatic rings. The maximum absolute atomic E-state index is 11.9. The normalized spacial score (nSPS) is 13.6. The Balaban J connectivity index is 2.55. The Morgan fingerprint density at radius 1 is 1.53 bits per heavy atom. The molecule has 0 saturated carbocycles. The van der Waals surface area contributed by atoms with Crippen LogP contribution >= 0.6 is 0 Å². The molecular weight excluding hydrogens is 213 g/mol. The molecule has 1 unspecified atom stereocenters. The van der Waals surface area contributed by atoms with Crippen LogP contribution in [-0.2, 0) is 0 Å². The summed E-state index contributed by atoms with van der Waals surface area (Å²) >= 11 is 0. The second-order valence-corrected chi connectivity index (χ2v) is 2.76. The van der Waals surface area contributed by atoms with E-state index < -0.39 is 18.8 Å². The van der Waals surface area contributed by atoms with E-state index in [-0.39, 0.29) is 11.5 Å². The summed E-state index contributed by atoms with van der Waals surface area (Å²) in [7, 11) is 0. The first-order chi connectivity index (χ1) is 6.91. The molecule has 0 aliphatic heterocycles. The lowest BCUT2D eigenvalue weighted by molar-refractivity contribution is -0.198. The van der Waals surface area contributed by atoms with Gasteiger partial charge in [-0.05, 0) is 0 Å². The Bertz CT molecular complexity index is 330. The van der Waals surface area contributed by atoms with Crippen molar-refractivity contribution in [3.05, 3.63) is 12.5 Å². The molecule has 1 heterocycles. The van der Waals surface area contributed by atoms with E-state index in [9.17, 15) is 13.2 Å². The first-order valence-corrected chi connectivity index (χ1v) is 3.95. The van der Waals surface area contributed by atoms with E-state index in [0.29, 0.717) is 0 Å². The van der Waals surface area contributed by atoms with Crippen molar-refractivity contribution in [2.75, 3.05) is 17.6 Å². The number of aromatic nitrogens is 2. The van der Waals surface area contributed by atoms with Gasteiger partial charge >= 0.3 is 6.18 Å². The van der Waals surface area contributed by atoms with E-state index in [2.05, 4.69) is 15.3 Å². The van der Waals surface area contributed by atoms with Crippen LogP contribution in [0.5, 0.6) is 0 Å². The minimum Gasteiger partial charge on any atom is -0.394 e. The van der Waals surface area contributed by atoms with Crippen molar-refractivity contribution in [3.8, 4) is 0 Å². The summed E-state index contributed by atoms with van der Waals surface area (Å²) in [5, 5.41) is 10.9. The maximum Gasteiger partial charge on any atom is 0.416 e. The van der Waals surface area contributed by atoms with Crippen LogP contribution in [0.25, 0.3) is 0 Å². The highest BCUT2D eigenvalue weighted by Crippen LogP contribution is 2.20. The molecule has 1 aromatic rings. The van der Waals surface area contributed by atoms with Crippen molar-refractivity contribution in [2.45, 2.75) is 12.3 Å². The van der Waals surface area contributed by atoms with Gasteiger partial charge < -0.3 is 16.2 Å². The van der Waals surface area contributed by atoms with E-state index in [1.165, 1.54) is 6.20 Å². The first kappa shape index (κ1) is 11.5. The number of halogens is 3. The minimum absolute atomic E-state index is 0.0632. The van der Waals surface area contributed by atoms with Crippen LogP contribution in [0.1, 0.15) is 0 Å². The van der Waals surface area contributed by atoms with Gasteiger partial charge in [-0.1, -0.05) is 0 Å². The summed E-state index contributed by atoms with van der Waals surface area (Å²) in [4.78, 5) is 7.17. The predicted molar refractivity (Wildman–Crippen MR) is 47.0 cm³/mol. The Hall–Kier alpha value is -1.57. The molecule has 1 aromatic heterocycles. The average molecular weight is 222 g/mol. The molecular formula is C7H9F3N4O. The minimum atomic E-state index is -4.66. The quantitative estimate of drug-likeness (QED) is 0.689. The smallest absolute Gasteiger partial charge is 0.394 e. The van der Waals surface area contributed by atoms with Gasteiger partial charge in [-0.15, -0.1) is 0 Å². The van der Waals surface area contributed by atoms with Crippen LogP contribution in [0.15, 0.2) is 12.5 Å². The van der Waals surface area contributed by atoms with Gasteiger partial charge in [-0.3, -0.25) is 0 Å². The summed E-state index contributed by atoms with van der Waals surface area (Å²) in [6.45, 7) is -0.704. The molecule has 15 heavy (non-hydrogen) atoms. The number of hydrogen-bond donors (Lipinski definition) is 3. The topological polar surface area (TPSA) is 84.1 Å². The third-order valence-corrected chi connectivity index (χ3v) is 1.58. The van der Waals surface area contributed by atoms with Gasteiger partial charge in [0.2, 0.25) is 0 Å². The van der Waals surface area contributed by atoms with Crippen molar-refractivity contribution in [1.82, 2.24) is 9.97 Å². The van der Waals surface area contributed by atoms with Crippen LogP contribution in [0.4, 0.5) is 24.7 Å². The number of rotatable bonds is 3. The molecule has 0 spiro atoms. The predicted octanol–water partition coefficient (Wildman–Crippen LogP) is 0.394. The molecule has 5 nitrogen and oxygen atoms in total. The zero-order valence-corrected chi connectivity index (χ0v) is 7.49. The fourth-order valence-electron chi connectivity index (χ4n) is 0.797. The molecule has 0 amide bonds. The fourth-order valence-corrected chi connectivity index (χ4v) is 0.797. The zero-order valence-electron chi connectivity index (χ0n) is 7.49. The van der Waals surface area contributed by atoms with Crippen LogP contribution in [0, 0.1) is 0 Å². The maximum atomic E-state index is 11.9. The van der Waals surface area contributed by atoms with Crippen molar-refractivity contribution in [2.24, 2.45) is 0 Å². The van der Waals surface area contributed by atoms with Gasteiger partial charge in [-0.2, -0.15) is 13.2 Å². The molecule has 0 bridgehead atoms. The van der Waals surface area contributed by atoms with Crippen LogP contribution in [-0.4, -0.2) is 33.9 Å². The number of anilines is 2. The SMILES string of the molecule is Nc1cncnc1NCC(O)C(F)(F)F. The van der Waals surface area contributed by atoms with Gasteiger partial charge in [0, 0.05) is 0 Å². The lowest BCUT2D eigenvalue weighted by Gasteiger charge is -2.15. The monoisotopic (exact) mass is 222 g/mol. The van der Waals surface area contributed by atoms with Crippen LogP contribution in [0.2, 0.25) is 0 Å². The molecule has 0 aromatic carbocycles. The molecule has 84 valence electrons. The van der Waals surface area contributed by atoms with Gasteiger partial charge in [0.25, 0.3) is 0 Å². The second-order valence-electron chi connectivity index (χ2n) is 2.76. The Morgan fingerprint density at radius 3 is 2.73 bits per heavy atom. The number of hydrogen-bond acceptors (Lipinski definition) is 5. The Morgan fingerprint density at radius 2 is 2.20 bits per heavy atom. The van der Waals surface area contributed by atoms with Gasteiger partial charge in [0.15, 0.2) is 11.9 Å². The molecule has 1 atom stereocenters. The third kappa shape index (κ3) is 3.24. The largest absolute Gasteiger partial charge is 0.416 e. The summed E-state index contributed by atoms with van der Waals surface area (Å²) < 4.78 is 35.7. The lowest BCUT2D eigenvalue weighted by Crippen LogP contribution is -2.35. The number of nitrogen functional groups attached to an aromatic ring is 1. The number of aliphatic hydroxyl groups excluding tert-OH is 1. The number of nitrogens with one attached hydrogen (secondary N) is 1. The van der Waals surface area contributed by atoms with E-state index >= 15 is 0 Å². The van der Waals surface area contributed by atoms with Crippen LogP contribution < -0.4 is 11.1 Å². The lowest BCUT2D eigenvalue weighted by atomic mass is 10.3. The Labute approximate surface area is 83.1 Å². The molecule has 0 radical (unpaired) electrons. The Kier molecular flexibility index (Phi) is 3.30. The number of alkyl halides is 3. The summed E-state index contributed by atoms with van der Waals surface area (Å²) in [5.74, 6) is 0.0632. The van der Waals surface area contributed by atoms with Crippen molar-refractivity contribution >= 4 is 11.5 Å². The fraction of sp³-hybridized carbons (Fsp3) is 0.429. The van der Waals surface area contributed by atoms with E-state index in [0.717, 1.165) is 6.33 Å². The summed E-state index contributed by atoms with van der Waals surface area (Å²) in [6.07, 6.45) is -4.73. The number of nitrogens with zero attached hydrogens (tertiary/aromatic N) is 2. The van der Waals surface area contributed by atoms with Crippen molar-refractivity contribution in [1.29, 1.82) is 0 Å². The molecule has 8 heteroatoms. The standard InChI is InChI=1S/C7H9F3N4O/c8-7(9,10)5(15)2-13-6-4(11)1-12-3-14-6/h1,3,5,15H,2,11H2,(H,12,13,14). The average Bonchev–Trinajstić information content (AvgIpc) is 2.14. The highest BCUT2D eigenvalue weighted by Gasteiger charge is 2.37. The number of aliphatic hydroxyl groups is 1. The van der Waals surface area contributed by atoms with Crippen LogP contribution in [0.3, 0.4) is 0 Å². The highest BCUT2D eigenvalue weighted by atomic mass is 19.4.